The lowest BCUT2D eigenvalue weighted by molar-refractivity contribution is -0.127. The van der Waals surface area contributed by atoms with Gasteiger partial charge in [-0.05, 0) is 69.2 Å². The topological polar surface area (TPSA) is 84.9 Å². The van der Waals surface area contributed by atoms with E-state index < -0.39 is 21.4 Å². The van der Waals surface area contributed by atoms with Crippen LogP contribution in [0.25, 0.3) is 0 Å². The fourth-order valence-corrected chi connectivity index (χ4v) is 5.96. The molecule has 0 radical (unpaired) electrons. The summed E-state index contributed by atoms with van der Waals surface area (Å²) >= 11 is 0. The van der Waals surface area contributed by atoms with Crippen LogP contribution in [0.15, 0.2) is 47.4 Å². The van der Waals surface area contributed by atoms with Crippen LogP contribution in [-0.2, 0) is 14.8 Å². The van der Waals surface area contributed by atoms with Gasteiger partial charge in [-0.1, -0.05) is 0 Å². The summed E-state index contributed by atoms with van der Waals surface area (Å²) in [6.07, 6.45) is 1.45. The van der Waals surface area contributed by atoms with Gasteiger partial charge in [-0.3, -0.25) is 4.79 Å². The van der Waals surface area contributed by atoms with Gasteiger partial charge >= 0.3 is 0 Å². The fourth-order valence-electron chi connectivity index (χ4n) is 4.49. The second-order valence-corrected chi connectivity index (χ2v) is 11.1. The lowest BCUT2D eigenvalue weighted by atomic mass is 9.88. The quantitative estimate of drug-likeness (QED) is 0.712. The zero-order valence-electron chi connectivity index (χ0n) is 19.0. The Hall–Kier alpha value is -2.65. The maximum Gasteiger partial charge on any atom is 0.243 e. The van der Waals surface area contributed by atoms with Gasteiger partial charge in [0.1, 0.15) is 22.9 Å². The highest BCUT2D eigenvalue weighted by atomic mass is 32.2. The Bertz CT molecular complexity index is 1130. The van der Waals surface area contributed by atoms with E-state index >= 15 is 0 Å². The summed E-state index contributed by atoms with van der Waals surface area (Å²) in [5, 5.41) is 3.16. The van der Waals surface area contributed by atoms with E-state index in [1.165, 1.54) is 16.4 Å². The van der Waals surface area contributed by atoms with Crippen molar-refractivity contribution >= 4 is 15.9 Å². The van der Waals surface area contributed by atoms with Crippen LogP contribution >= 0.6 is 0 Å². The standard InChI is InChI=1S/C24H29FN2O5S/c1-24(2)15-21(20-14-18(31-3)6-9-22(20)32-24)26-23(28)16-10-12-27(13-11-16)33(29,30)19-7-4-17(25)5-8-19/h4-9,14,16,21H,10-13,15H2,1-3H3,(H,26,28)/t21-/m1/s1. The Kier molecular flexibility index (Phi) is 6.37. The Morgan fingerprint density at radius 3 is 2.45 bits per heavy atom. The molecule has 1 fully saturated rings. The molecule has 9 heteroatoms. The van der Waals surface area contributed by atoms with Crippen LogP contribution in [0.4, 0.5) is 4.39 Å². The van der Waals surface area contributed by atoms with Gasteiger partial charge in [0.2, 0.25) is 15.9 Å². The molecule has 178 valence electrons. The van der Waals surface area contributed by atoms with Crippen LogP contribution in [0, 0.1) is 11.7 Å². The number of ether oxygens (including phenoxy) is 2. The van der Waals surface area contributed by atoms with Crippen molar-refractivity contribution in [2.45, 2.75) is 49.6 Å². The minimum absolute atomic E-state index is 0.0572. The summed E-state index contributed by atoms with van der Waals surface area (Å²) in [6.45, 7) is 4.44. The van der Waals surface area contributed by atoms with Gasteiger partial charge in [0, 0.05) is 31.0 Å². The molecule has 1 saturated heterocycles. The molecule has 0 unspecified atom stereocenters. The minimum Gasteiger partial charge on any atom is -0.497 e. The first-order chi connectivity index (χ1) is 15.6. The van der Waals surface area contributed by atoms with Crippen molar-refractivity contribution < 1.29 is 27.1 Å². The molecular weight excluding hydrogens is 447 g/mol. The summed E-state index contributed by atoms with van der Waals surface area (Å²) in [5.41, 5.74) is 0.435. The highest BCUT2D eigenvalue weighted by Gasteiger charge is 2.37. The number of piperidine rings is 1. The van der Waals surface area contributed by atoms with Crippen molar-refractivity contribution in [2.75, 3.05) is 20.2 Å². The van der Waals surface area contributed by atoms with E-state index in [4.69, 9.17) is 9.47 Å². The molecule has 1 N–H and O–H groups in total. The number of amides is 1. The number of hydrogen-bond acceptors (Lipinski definition) is 5. The number of nitrogens with one attached hydrogen (secondary N) is 1. The van der Waals surface area contributed by atoms with Gasteiger partial charge in [-0.2, -0.15) is 4.31 Å². The van der Waals surface area contributed by atoms with Gasteiger partial charge in [0.25, 0.3) is 0 Å². The number of methoxy groups -OCH3 is 1. The van der Waals surface area contributed by atoms with Crippen LogP contribution in [0.2, 0.25) is 0 Å². The van der Waals surface area contributed by atoms with Crippen molar-refractivity contribution in [3.8, 4) is 11.5 Å². The van der Waals surface area contributed by atoms with Gasteiger partial charge in [0.15, 0.2) is 0 Å². The van der Waals surface area contributed by atoms with Crippen LogP contribution < -0.4 is 14.8 Å². The number of sulfonamides is 1. The molecule has 0 aromatic heterocycles. The smallest absolute Gasteiger partial charge is 0.243 e. The molecule has 2 aliphatic heterocycles. The molecule has 2 aromatic carbocycles. The monoisotopic (exact) mass is 476 g/mol. The van der Waals surface area contributed by atoms with Gasteiger partial charge in [-0.15, -0.1) is 0 Å². The second-order valence-electron chi connectivity index (χ2n) is 9.16. The van der Waals surface area contributed by atoms with Gasteiger partial charge in [-0.25, -0.2) is 12.8 Å². The van der Waals surface area contributed by atoms with Crippen LogP contribution in [0.5, 0.6) is 11.5 Å². The van der Waals surface area contributed by atoms with Crippen LogP contribution in [0.3, 0.4) is 0 Å². The third-order valence-corrected chi connectivity index (χ3v) is 8.18. The molecule has 2 aromatic rings. The Labute approximate surface area is 193 Å². The molecule has 0 bridgehead atoms. The van der Waals surface area contributed by atoms with Crippen molar-refractivity contribution in [1.82, 2.24) is 9.62 Å². The SMILES string of the molecule is COc1ccc2c(c1)[C@H](NC(=O)C1CCN(S(=O)(=O)c3ccc(F)cc3)CC1)CC(C)(C)O2. The van der Waals surface area contributed by atoms with E-state index in [0.29, 0.717) is 25.0 Å². The lowest BCUT2D eigenvalue weighted by Gasteiger charge is -2.39. The number of hydrogen-bond donors (Lipinski definition) is 1. The fraction of sp³-hybridized carbons (Fsp3) is 0.458. The number of halogens is 1. The van der Waals surface area contributed by atoms with E-state index in [-0.39, 0.29) is 35.9 Å². The molecule has 0 aliphatic carbocycles. The average Bonchev–Trinajstić information content (AvgIpc) is 2.78. The average molecular weight is 477 g/mol. The maximum absolute atomic E-state index is 13.2. The Morgan fingerprint density at radius 1 is 1.15 bits per heavy atom. The zero-order valence-corrected chi connectivity index (χ0v) is 19.8. The van der Waals surface area contributed by atoms with E-state index in [1.54, 1.807) is 7.11 Å². The van der Waals surface area contributed by atoms with Gasteiger partial charge in [0.05, 0.1) is 18.0 Å². The van der Waals surface area contributed by atoms with Crippen LogP contribution in [-0.4, -0.2) is 44.4 Å². The van der Waals surface area contributed by atoms with E-state index in [0.717, 1.165) is 23.4 Å². The van der Waals surface area contributed by atoms with E-state index in [2.05, 4.69) is 5.32 Å². The summed E-state index contributed by atoms with van der Waals surface area (Å²) in [7, 11) is -2.12. The Morgan fingerprint density at radius 2 is 1.82 bits per heavy atom. The number of benzene rings is 2. The summed E-state index contributed by atoms with van der Waals surface area (Å²) in [6, 6.07) is 10.1. The molecule has 2 heterocycles. The van der Waals surface area contributed by atoms with Crippen LogP contribution in [0.1, 0.15) is 44.7 Å². The third kappa shape index (κ3) is 4.99. The summed E-state index contributed by atoms with van der Waals surface area (Å²) in [5.74, 6) is 0.544. The number of nitrogens with zero attached hydrogens (tertiary/aromatic N) is 1. The molecule has 2 aliphatic rings. The van der Waals surface area contributed by atoms with Crippen molar-refractivity contribution in [2.24, 2.45) is 5.92 Å². The molecule has 0 spiro atoms. The van der Waals surface area contributed by atoms with Crippen molar-refractivity contribution in [1.29, 1.82) is 0 Å². The van der Waals surface area contributed by atoms with Crippen molar-refractivity contribution in [3.63, 3.8) is 0 Å². The molecule has 7 nitrogen and oxygen atoms in total. The first-order valence-corrected chi connectivity index (χ1v) is 12.5. The van der Waals surface area contributed by atoms with E-state index in [9.17, 15) is 17.6 Å². The molecule has 1 amide bonds. The molecule has 1 atom stereocenters. The second kappa shape index (κ2) is 8.95. The van der Waals surface area contributed by atoms with Gasteiger partial charge < -0.3 is 14.8 Å². The number of carbonyl (C=O) groups excluding carboxylic acids is 1. The lowest BCUT2D eigenvalue weighted by Crippen LogP contribution is -2.46. The molecule has 33 heavy (non-hydrogen) atoms. The predicted molar refractivity (Wildman–Crippen MR) is 121 cm³/mol. The van der Waals surface area contributed by atoms with E-state index in [1.807, 2.05) is 32.0 Å². The number of rotatable bonds is 5. The number of carbonyl (C=O) groups is 1. The third-order valence-electron chi connectivity index (χ3n) is 6.27. The first-order valence-electron chi connectivity index (χ1n) is 11.0. The van der Waals surface area contributed by atoms with Crippen molar-refractivity contribution in [3.05, 3.63) is 53.8 Å². The minimum atomic E-state index is -3.71. The maximum atomic E-state index is 13.2. The largest absolute Gasteiger partial charge is 0.497 e. The predicted octanol–water partition coefficient (Wildman–Crippen LogP) is 3.65. The zero-order chi connectivity index (χ0) is 23.8. The summed E-state index contributed by atoms with van der Waals surface area (Å²) < 4.78 is 51.6. The highest BCUT2D eigenvalue weighted by Crippen LogP contribution is 2.41. The molecular formula is C24H29FN2O5S. The summed E-state index contributed by atoms with van der Waals surface area (Å²) in [4.78, 5) is 13.2. The highest BCUT2D eigenvalue weighted by molar-refractivity contribution is 7.89. The molecule has 0 saturated carbocycles. The molecule has 4 rings (SSSR count). The first kappa shape index (κ1) is 23.5. The normalized spacial score (nSPS) is 21.0. The number of fused-ring (bicyclic) bond motifs is 1. The Balaban J connectivity index is 1.43.